The summed E-state index contributed by atoms with van der Waals surface area (Å²) in [5.41, 5.74) is 11.3. The number of halogens is 2. The SMILES string of the molecule is CCCN1C(=NC(=O)c2cccc(C#N)c2)Cc2cc(Br)ccc21.CCCN1C(=NC(=O)c2cccc(C(N)=O)c2)Cc2cc(Br)ccc21. The van der Waals surface area contributed by atoms with Gasteiger partial charge in [-0.3, -0.25) is 14.4 Å². The first-order valence-corrected chi connectivity index (χ1v) is 17.5. The van der Waals surface area contributed by atoms with E-state index in [1.54, 1.807) is 42.5 Å². The highest BCUT2D eigenvalue weighted by Gasteiger charge is 2.27. The largest absolute Gasteiger partial charge is 0.366 e. The van der Waals surface area contributed by atoms with Crippen molar-refractivity contribution in [3.63, 3.8) is 0 Å². The van der Waals surface area contributed by atoms with Crippen LogP contribution in [-0.2, 0) is 12.8 Å². The summed E-state index contributed by atoms with van der Waals surface area (Å²) >= 11 is 6.97. The van der Waals surface area contributed by atoms with Crippen LogP contribution in [0.25, 0.3) is 0 Å². The molecule has 0 saturated carbocycles. The van der Waals surface area contributed by atoms with Crippen LogP contribution < -0.4 is 15.5 Å². The standard InChI is InChI=1S/C19H18BrN3O2.C19H16BrN3O/c1-2-8-23-16-7-6-15(20)10-14(16)11-17(23)22-19(25)13-5-3-4-12(9-13)18(21)24;1-2-8-23-17-7-6-16(20)10-15(17)11-18(23)22-19(24)14-5-3-4-13(9-14)12-21/h3-7,9-10H,2,8,11H2,1H3,(H2,21,24);3-7,9-10H,2,8,11H2,1H3. The Balaban J connectivity index is 0.000000191. The van der Waals surface area contributed by atoms with Gasteiger partial charge in [-0.2, -0.15) is 15.2 Å². The molecule has 0 fully saturated rings. The predicted octanol–water partition coefficient (Wildman–Crippen LogP) is 7.89. The first kappa shape index (κ1) is 35.4. The maximum Gasteiger partial charge on any atom is 0.278 e. The predicted molar refractivity (Wildman–Crippen MR) is 201 cm³/mol. The quantitative estimate of drug-likeness (QED) is 0.203. The molecule has 0 atom stereocenters. The van der Waals surface area contributed by atoms with E-state index >= 15 is 0 Å². The van der Waals surface area contributed by atoms with Crippen molar-refractivity contribution in [1.82, 2.24) is 0 Å². The number of nitriles is 1. The van der Waals surface area contributed by atoms with Crippen molar-refractivity contribution in [2.45, 2.75) is 39.5 Å². The lowest BCUT2D eigenvalue weighted by Gasteiger charge is -2.19. The van der Waals surface area contributed by atoms with Crippen LogP contribution >= 0.6 is 31.9 Å². The number of amides is 3. The number of hydrogen-bond acceptors (Lipinski definition) is 4. The number of carbonyl (C=O) groups excluding carboxylic acids is 3. The van der Waals surface area contributed by atoms with Crippen molar-refractivity contribution < 1.29 is 14.4 Å². The van der Waals surface area contributed by atoms with E-state index in [0.717, 1.165) is 69.0 Å². The minimum absolute atomic E-state index is 0.301. The number of rotatable bonds is 7. The summed E-state index contributed by atoms with van der Waals surface area (Å²) in [6.45, 7) is 5.81. The average molecular weight is 783 g/mol. The number of amidine groups is 2. The molecule has 248 valence electrons. The molecule has 0 spiro atoms. The Labute approximate surface area is 302 Å². The number of carbonyl (C=O) groups is 3. The molecule has 4 aromatic carbocycles. The minimum atomic E-state index is -0.562. The number of primary amides is 1. The zero-order chi connectivity index (χ0) is 35.1. The summed E-state index contributed by atoms with van der Waals surface area (Å²) in [6, 6.07) is 27.3. The number of nitrogens with zero attached hydrogens (tertiary/aromatic N) is 5. The number of aliphatic imine (C=N–C) groups is 2. The lowest BCUT2D eigenvalue weighted by atomic mass is 10.1. The molecule has 2 N–H and O–H groups in total. The van der Waals surface area contributed by atoms with E-state index in [1.165, 1.54) is 6.07 Å². The third kappa shape index (κ3) is 8.39. The highest BCUT2D eigenvalue weighted by atomic mass is 79.9. The van der Waals surface area contributed by atoms with Crippen molar-refractivity contribution in [3.8, 4) is 6.07 Å². The summed E-state index contributed by atoms with van der Waals surface area (Å²) in [6.07, 6.45) is 3.15. The fraction of sp³-hybridized carbons (Fsp3) is 0.211. The van der Waals surface area contributed by atoms with E-state index in [2.05, 4.69) is 83.7 Å². The summed E-state index contributed by atoms with van der Waals surface area (Å²) in [5.74, 6) is 0.246. The van der Waals surface area contributed by atoms with E-state index in [0.29, 0.717) is 35.1 Å². The minimum Gasteiger partial charge on any atom is -0.366 e. The van der Waals surface area contributed by atoms with Gasteiger partial charge in [-0.05, 0) is 96.8 Å². The van der Waals surface area contributed by atoms with Crippen LogP contribution in [0, 0.1) is 11.3 Å². The molecular formula is C38H34Br2N6O3. The van der Waals surface area contributed by atoms with Gasteiger partial charge in [0.25, 0.3) is 11.8 Å². The Kier molecular flexibility index (Phi) is 11.5. The van der Waals surface area contributed by atoms with Gasteiger partial charge < -0.3 is 15.5 Å². The van der Waals surface area contributed by atoms with Crippen molar-refractivity contribution in [1.29, 1.82) is 5.26 Å². The molecule has 11 heteroatoms. The molecule has 0 bridgehead atoms. The summed E-state index contributed by atoms with van der Waals surface area (Å²) in [5, 5.41) is 8.97. The first-order valence-electron chi connectivity index (χ1n) is 15.9. The van der Waals surface area contributed by atoms with E-state index in [4.69, 9.17) is 11.0 Å². The summed E-state index contributed by atoms with van der Waals surface area (Å²) < 4.78 is 2.02. The van der Waals surface area contributed by atoms with Crippen LogP contribution in [0.5, 0.6) is 0 Å². The van der Waals surface area contributed by atoms with Crippen LogP contribution in [0.2, 0.25) is 0 Å². The van der Waals surface area contributed by atoms with Crippen molar-refractivity contribution in [3.05, 3.63) is 127 Å². The molecule has 4 aromatic rings. The van der Waals surface area contributed by atoms with Gasteiger partial charge in [0.2, 0.25) is 5.91 Å². The Bertz CT molecular complexity index is 2030. The fourth-order valence-electron chi connectivity index (χ4n) is 5.76. The van der Waals surface area contributed by atoms with E-state index in [-0.39, 0.29) is 11.8 Å². The number of hydrogen-bond donors (Lipinski definition) is 1. The van der Waals surface area contributed by atoms with Crippen LogP contribution in [0.15, 0.2) is 104 Å². The maximum absolute atomic E-state index is 12.6. The zero-order valence-electron chi connectivity index (χ0n) is 27.1. The molecule has 6 rings (SSSR count). The van der Waals surface area contributed by atoms with Crippen LogP contribution in [0.1, 0.15) is 74.5 Å². The van der Waals surface area contributed by atoms with Gasteiger partial charge in [0.1, 0.15) is 11.7 Å². The number of benzene rings is 4. The summed E-state index contributed by atoms with van der Waals surface area (Å²) in [4.78, 5) is 49.2. The Morgan fingerprint density at radius 1 is 0.714 bits per heavy atom. The number of fused-ring (bicyclic) bond motifs is 2. The lowest BCUT2D eigenvalue weighted by Crippen LogP contribution is -2.28. The van der Waals surface area contributed by atoms with Crippen molar-refractivity contribution >= 4 is 72.6 Å². The zero-order valence-corrected chi connectivity index (χ0v) is 30.3. The Morgan fingerprint density at radius 3 is 1.65 bits per heavy atom. The molecule has 0 saturated heterocycles. The average Bonchev–Trinajstić information content (AvgIpc) is 3.60. The molecule has 2 heterocycles. The highest BCUT2D eigenvalue weighted by molar-refractivity contribution is 9.10. The van der Waals surface area contributed by atoms with Gasteiger partial charge in [0.15, 0.2) is 0 Å². The van der Waals surface area contributed by atoms with Crippen molar-refractivity contribution in [2.75, 3.05) is 22.9 Å². The lowest BCUT2D eigenvalue weighted by molar-refractivity contribution is 0.0990. The van der Waals surface area contributed by atoms with Gasteiger partial charge >= 0.3 is 0 Å². The molecule has 0 aromatic heterocycles. The van der Waals surface area contributed by atoms with Gasteiger partial charge in [-0.1, -0.05) is 57.8 Å². The topological polar surface area (TPSA) is 132 Å². The molecule has 49 heavy (non-hydrogen) atoms. The van der Waals surface area contributed by atoms with Gasteiger partial charge in [-0.15, -0.1) is 0 Å². The van der Waals surface area contributed by atoms with Crippen LogP contribution in [0.3, 0.4) is 0 Å². The van der Waals surface area contributed by atoms with E-state index < -0.39 is 5.91 Å². The number of anilines is 2. The Hall–Kier alpha value is -4.92. The molecule has 0 aliphatic carbocycles. The normalized spacial score (nSPS) is 14.6. The molecule has 0 radical (unpaired) electrons. The smallest absolute Gasteiger partial charge is 0.278 e. The first-order chi connectivity index (χ1) is 23.6. The van der Waals surface area contributed by atoms with Gasteiger partial charge in [0.05, 0.1) is 11.6 Å². The third-order valence-electron chi connectivity index (χ3n) is 7.97. The second-order valence-electron chi connectivity index (χ2n) is 11.5. The fourth-order valence-corrected chi connectivity index (χ4v) is 6.58. The van der Waals surface area contributed by atoms with Crippen molar-refractivity contribution in [2.24, 2.45) is 15.7 Å². The van der Waals surface area contributed by atoms with E-state index in [9.17, 15) is 14.4 Å². The van der Waals surface area contributed by atoms with Gasteiger partial charge in [-0.25, -0.2) is 0 Å². The summed E-state index contributed by atoms with van der Waals surface area (Å²) in [7, 11) is 0. The van der Waals surface area contributed by atoms with Gasteiger partial charge in [0, 0.05) is 62.9 Å². The second kappa shape index (κ2) is 16.0. The number of nitrogens with two attached hydrogens (primary N) is 1. The van der Waals surface area contributed by atoms with E-state index in [1.807, 2.05) is 24.3 Å². The molecule has 2 aliphatic heterocycles. The third-order valence-corrected chi connectivity index (χ3v) is 8.96. The maximum atomic E-state index is 12.6. The monoisotopic (exact) mass is 780 g/mol. The van der Waals surface area contributed by atoms with Crippen LogP contribution in [0.4, 0.5) is 11.4 Å². The molecular weight excluding hydrogens is 748 g/mol. The molecule has 2 aliphatic rings. The molecule has 0 unspecified atom stereocenters. The second-order valence-corrected chi connectivity index (χ2v) is 13.3. The Morgan fingerprint density at radius 2 is 1.18 bits per heavy atom. The van der Waals surface area contributed by atoms with Crippen LogP contribution in [-0.4, -0.2) is 42.5 Å². The molecule has 9 nitrogen and oxygen atoms in total. The molecule has 3 amide bonds. The highest BCUT2D eigenvalue weighted by Crippen LogP contribution is 2.33.